The number of hydrogen-bond donors (Lipinski definition) is 1. The van der Waals surface area contributed by atoms with Gasteiger partial charge in [0.15, 0.2) is 0 Å². The summed E-state index contributed by atoms with van der Waals surface area (Å²) in [6.07, 6.45) is 1.34. The third-order valence-corrected chi connectivity index (χ3v) is 8.97. The predicted molar refractivity (Wildman–Crippen MR) is 114 cm³/mol. The van der Waals surface area contributed by atoms with Gasteiger partial charge in [-0.2, -0.15) is 4.31 Å². The van der Waals surface area contributed by atoms with Gasteiger partial charge >= 0.3 is 0 Å². The number of nitrogens with zero attached hydrogens (tertiary/aromatic N) is 2. The topological polar surface area (TPSA) is 69.7 Å². The molecule has 0 bridgehead atoms. The van der Waals surface area contributed by atoms with E-state index < -0.39 is 10.0 Å². The van der Waals surface area contributed by atoms with Crippen LogP contribution >= 0.6 is 0 Å². The van der Waals surface area contributed by atoms with Crippen LogP contribution in [0.2, 0.25) is 0 Å². The van der Waals surface area contributed by atoms with Gasteiger partial charge in [-0.15, -0.1) is 0 Å². The fourth-order valence-electron chi connectivity index (χ4n) is 5.48. The van der Waals surface area contributed by atoms with Crippen molar-refractivity contribution in [2.45, 2.75) is 29.8 Å². The lowest BCUT2D eigenvalue weighted by Crippen LogP contribution is -2.56. The first-order valence-electron chi connectivity index (χ1n) is 10.6. The molecule has 6 nitrogen and oxygen atoms in total. The molecular weight excluding hydrogens is 398 g/mol. The van der Waals surface area contributed by atoms with Crippen LogP contribution in [0.4, 0.5) is 0 Å². The third kappa shape index (κ3) is 3.35. The lowest BCUT2D eigenvalue weighted by molar-refractivity contribution is -0.123. The van der Waals surface area contributed by atoms with E-state index in [4.69, 9.17) is 0 Å². The van der Waals surface area contributed by atoms with Gasteiger partial charge in [0, 0.05) is 44.2 Å². The monoisotopic (exact) mass is 425 g/mol. The second kappa shape index (κ2) is 7.48. The first kappa shape index (κ1) is 19.7. The number of nitrogens with one attached hydrogen (secondary N) is 1. The van der Waals surface area contributed by atoms with Crippen molar-refractivity contribution in [1.29, 1.82) is 0 Å². The summed E-state index contributed by atoms with van der Waals surface area (Å²) >= 11 is 0. The van der Waals surface area contributed by atoms with Gasteiger partial charge in [-0.3, -0.25) is 9.69 Å². The molecule has 0 aliphatic carbocycles. The molecule has 0 saturated carbocycles. The van der Waals surface area contributed by atoms with Crippen molar-refractivity contribution < 1.29 is 13.2 Å². The average molecular weight is 426 g/mol. The lowest BCUT2D eigenvalue weighted by Gasteiger charge is -2.42. The summed E-state index contributed by atoms with van der Waals surface area (Å²) in [5.41, 5.74) is 0.978. The van der Waals surface area contributed by atoms with Crippen molar-refractivity contribution in [3.05, 3.63) is 66.2 Å². The Bertz CT molecular complexity index is 1020. The summed E-state index contributed by atoms with van der Waals surface area (Å²) in [5.74, 6) is 0.385. The zero-order chi connectivity index (χ0) is 20.8. The molecule has 158 valence electrons. The lowest BCUT2D eigenvalue weighted by atomic mass is 9.76. The molecule has 3 aliphatic heterocycles. The van der Waals surface area contributed by atoms with Gasteiger partial charge < -0.3 is 5.32 Å². The van der Waals surface area contributed by atoms with Crippen LogP contribution in [0.25, 0.3) is 0 Å². The Hall–Kier alpha value is -2.22. The Morgan fingerprint density at radius 3 is 2.23 bits per heavy atom. The highest BCUT2D eigenvalue weighted by Crippen LogP contribution is 2.44. The molecule has 0 radical (unpaired) electrons. The highest BCUT2D eigenvalue weighted by molar-refractivity contribution is 7.89. The van der Waals surface area contributed by atoms with Crippen molar-refractivity contribution >= 4 is 15.9 Å². The number of fused-ring (bicyclic) bond motifs is 2. The first-order chi connectivity index (χ1) is 14.5. The molecule has 2 aromatic rings. The van der Waals surface area contributed by atoms with Gasteiger partial charge in [0.25, 0.3) is 0 Å². The molecule has 0 aromatic heterocycles. The maximum atomic E-state index is 13.0. The van der Waals surface area contributed by atoms with E-state index in [2.05, 4.69) is 22.3 Å². The van der Waals surface area contributed by atoms with Crippen LogP contribution in [-0.4, -0.2) is 55.2 Å². The summed E-state index contributed by atoms with van der Waals surface area (Å²) < 4.78 is 27.5. The number of rotatable bonds is 4. The van der Waals surface area contributed by atoms with E-state index in [1.165, 1.54) is 5.56 Å². The molecule has 30 heavy (non-hydrogen) atoms. The van der Waals surface area contributed by atoms with Crippen LogP contribution in [0, 0.1) is 11.8 Å². The number of benzene rings is 2. The molecule has 1 amide bonds. The van der Waals surface area contributed by atoms with Gasteiger partial charge in [0.1, 0.15) is 0 Å². The molecule has 1 N–H and O–H groups in total. The van der Waals surface area contributed by atoms with Gasteiger partial charge in [-0.1, -0.05) is 48.5 Å². The predicted octanol–water partition coefficient (Wildman–Crippen LogP) is 2.09. The zero-order valence-electron chi connectivity index (χ0n) is 16.9. The molecule has 2 atom stereocenters. The number of piperidine rings is 1. The average Bonchev–Trinajstić information content (AvgIpc) is 3.29. The molecule has 2 aromatic carbocycles. The Kier molecular flexibility index (Phi) is 4.92. The molecule has 5 rings (SSSR count). The quantitative estimate of drug-likeness (QED) is 0.814. The number of carbonyl (C=O) groups is 1. The zero-order valence-corrected chi connectivity index (χ0v) is 17.7. The molecule has 0 unspecified atom stereocenters. The molecule has 3 heterocycles. The summed E-state index contributed by atoms with van der Waals surface area (Å²) in [6, 6.07) is 19.0. The SMILES string of the molecule is O=C1NC2(CCN(S(=O)(=O)c3ccccc3)CC2)[C@H]2CN(Cc3ccccc3)C[C@@H]12. The summed E-state index contributed by atoms with van der Waals surface area (Å²) in [7, 11) is -3.49. The maximum absolute atomic E-state index is 13.0. The normalized spacial score (nSPS) is 26.6. The molecule has 7 heteroatoms. The van der Waals surface area contributed by atoms with Crippen molar-refractivity contribution in [3.63, 3.8) is 0 Å². The van der Waals surface area contributed by atoms with Crippen LogP contribution in [0.15, 0.2) is 65.6 Å². The van der Waals surface area contributed by atoms with Gasteiger partial charge in [0.2, 0.25) is 15.9 Å². The van der Waals surface area contributed by atoms with E-state index in [-0.39, 0.29) is 23.3 Å². The number of sulfonamides is 1. The smallest absolute Gasteiger partial charge is 0.243 e. The molecule has 3 saturated heterocycles. The number of likely N-dealkylation sites (tertiary alicyclic amines) is 1. The van der Waals surface area contributed by atoms with Crippen molar-refractivity contribution in [2.75, 3.05) is 26.2 Å². The Labute approximate surface area is 177 Å². The fraction of sp³-hybridized carbons (Fsp3) is 0.435. The standard InChI is InChI=1S/C23H27N3O3S/c27-22-20-16-25(15-18-7-3-1-4-8-18)17-21(20)23(24-22)11-13-26(14-12-23)30(28,29)19-9-5-2-6-10-19/h1-10,20-21H,11-17H2,(H,24,27)/t20-,21+/m1/s1. The summed E-state index contributed by atoms with van der Waals surface area (Å²) in [6.45, 7) is 3.40. The number of hydrogen-bond acceptors (Lipinski definition) is 4. The summed E-state index contributed by atoms with van der Waals surface area (Å²) in [4.78, 5) is 15.5. The highest BCUT2D eigenvalue weighted by Gasteiger charge is 2.57. The van der Waals surface area contributed by atoms with E-state index in [0.717, 1.165) is 19.6 Å². The summed E-state index contributed by atoms with van der Waals surface area (Å²) in [5, 5.41) is 3.28. The third-order valence-electron chi connectivity index (χ3n) is 7.06. The second-order valence-electron chi connectivity index (χ2n) is 8.76. The van der Waals surface area contributed by atoms with Crippen LogP contribution in [0.5, 0.6) is 0 Å². The van der Waals surface area contributed by atoms with E-state index in [1.807, 2.05) is 24.3 Å². The Morgan fingerprint density at radius 1 is 0.933 bits per heavy atom. The van der Waals surface area contributed by atoms with Crippen molar-refractivity contribution in [3.8, 4) is 0 Å². The van der Waals surface area contributed by atoms with E-state index in [0.29, 0.717) is 30.8 Å². The molecule has 3 fully saturated rings. The maximum Gasteiger partial charge on any atom is 0.243 e. The van der Waals surface area contributed by atoms with Gasteiger partial charge in [-0.25, -0.2) is 8.42 Å². The van der Waals surface area contributed by atoms with Crippen molar-refractivity contribution in [1.82, 2.24) is 14.5 Å². The molecular formula is C23H27N3O3S. The highest BCUT2D eigenvalue weighted by atomic mass is 32.2. The minimum absolute atomic E-state index is 0.00555. The first-order valence-corrected chi connectivity index (χ1v) is 12.1. The van der Waals surface area contributed by atoms with E-state index in [1.54, 1.807) is 28.6 Å². The van der Waals surface area contributed by atoms with E-state index in [9.17, 15) is 13.2 Å². The fourth-order valence-corrected chi connectivity index (χ4v) is 6.94. The van der Waals surface area contributed by atoms with Crippen molar-refractivity contribution in [2.24, 2.45) is 11.8 Å². The van der Waals surface area contributed by atoms with Crippen LogP contribution in [0.1, 0.15) is 18.4 Å². The van der Waals surface area contributed by atoms with Gasteiger partial charge in [-0.05, 0) is 30.5 Å². The Morgan fingerprint density at radius 2 is 1.57 bits per heavy atom. The number of carbonyl (C=O) groups excluding carboxylic acids is 1. The van der Waals surface area contributed by atoms with Gasteiger partial charge in [0.05, 0.1) is 10.8 Å². The minimum Gasteiger partial charge on any atom is -0.350 e. The molecule has 3 aliphatic rings. The van der Waals surface area contributed by atoms with Crippen LogP contribution < -0.4 is 5.32 Å². The second-order valence-corrected chi connectivity index (χ2v) is 10.7. The largest absolute Gasteiger partial charge is 0.350 e. The minimum atomic E-state index is -3.49. The number of amides is 1. The van der Waals surface area contributed by atoms with Crippen LogP contribution in [0.3, 0.4) is 0 Å². The molecule has 1 spiro atoms. The van der Waals surface area contributed by atoms with E-state index >= 15 is 0 Å². The van der Waals surface area contributed by atoms with Crippen LogP contribution in [-0.2, 0) is 21.4 Å². The Balaban J connectivity index is 1.29.